The Morgan fingerprint density at radius 2 is 2.03 bits per heavy atom. The van der Waals surface area contributed by atoms with E-state index in [1.165, 1.54) is 7.11 Å². The lowest BCUT2D eigenvalue weighted by Gasteiger charge is -2.29. The lowest BCUT2D eigenvalue weighted by Crippen LogP contribution is -2.31. The van der Waals surface area contributed by atoms with Gasteiger partial charge in [-0.05, 0) is 57.6 Å². The number of likely N-dealkylation sites (tertiary alicyclic amines) is 1. The molecule has 0 bridgehead atoms. The van der Waals surface area contributed by atoms with Crippen LogP contribution < -0.4 is 5.32 Å². The highest BCUT2D eigenvalue weighted by Gasteiger charge is 2.27. The van der Waals surface area contributed by atoms with Gasteiger partial charge in [0.2, 0.25) is 0 Å². The Kier molecular flexibility index (Phi) is 5.05. The number of fused-ring (bicyclic) bond motifs is 2. The number of hydrogen-bond donors (Lipinski definition) is 2. The maximum Gasteiger partial charge on any atom is 0.337 e. The minimum Gasteiger partial charge on any atom is -0.465 e. The average Bonchev–Trinajstić information content (AvgIpc) is 3.36. The number of aromatic amines is 1. The minimum absolute atomic E-state index is 0.290. The molecule has 0 aliphatic carbocycles. The first-order valence-electron chi connectivity index (χ1n) is 10.8. The summed E-state index contributed by atoms with van der Waals surface area (Å²) in [5, 5.41) is 10.2. The number of carbonyl (C=O) groups excluding carboxylic acids is 1. The Morgan fingerprint density at radius 3 is 2.75 bits per heavy atom. The number of carbonyl (C=O) groups is 1. The number of H-pyrrole nitrogens is 1. The van der Waals surface area contributed by atoms with Crippen molar-refractivity contribution in [3.63, 3.8) is 0 Å². The van der Waals surface area contributed by atoms with E-state index in [4.69, 9.17) is 9.84 Å². The number of aromatic nitrogens is 5. The number of nitrogens with zero attached hydrogens (tertiary/aromatic N) is 5. The molecule has 2 N–H and O–H groups in total. The van der Waals surface area contributed by atoms with Gasteiger partial charge < -0.3 is 19.9 Å². The predicted molar refractivity (Wildman–Crippen MR) is 124 cm³/mol. The molecule has 1 fully saturated rings. The summed E-state index contributed by atoms with van der Waals surface area (Å²) in [4.78, 5) is 26.9. The van der Waals surface area contributed by atoms with Crippen LogP contribution in [0.1, 0.15) is 34.8 Å². The summed E-state index contributed by atoms with van der Waals surface area (Å²) in [6, 6.07) is 5.85. The molecule has 9 nitrogen and oxygen atoms in total. The molecule has 0 saturated carbocycles. The summed E-state index contributed by atoms with van der Waals surface area (Å²) in [6.07, 6.45) is 3.64. The normalized spacial score (nSPS) is 15.5. The maximum absolute atomic E-state index is 12.0. The van der Waals surface area contributed by atoms with Crippen molar-refractivity contribution in [3.8, 4) is 11.4 Å². The van der Waals surface area contributed by atoms with Gasteiger partial charge in [0.05, 0.1) is 29.8 Å². The van der Waals surface area contributed by atoms with Crippen LogP contribution in [0.15, 0.2) is 24.5 Å². The van der Waals surface area contributed by atoms with Crippen molar-refractivity contribution in [1.82, 2.24) is 29.6 Å². The fourth-order valence-corrected chi connectivity index (χ4v) is 4.65. The molecule has 0 spiro atoms. The highest BCUT2D eigenvalue weighted by atomic mass is 16.5. The van der Waals surface area contributed by atoms with Gasteiger partial charge in [-0.2, -0.15) is 5.10 Å². The van der Waals surface area contributed by atoms with E-state index in [1.807, 2.05) is 19.2 Å². The zero-order chi connectivity index (χ0) is 22.4. The standard InChI is InChI=1S/C23H27N7O2/c1-13-16-6-5-14(23(31)32-4)11-17(16)27-19(13)20-18-21(24-2)25-12-26-22(18)30(28-20)15-7-9-29(3)10-8-15/h5-6,11-12,15,27H,7-10H2,1-4H3,(H,24,25,26). The van der Waals surface area contributed by atoms with Gasteiger partial charge in [-0.1, -0.05) is 6.07 Å². The maximum atomic E-state index is 12.0. The molecule has 0 unspecified atom stereocenters. The molecule has 166 valence electrons. The summed E-state index contributed by atoms with van der Waals surface area (Å²) in [6.45, 7) is 4.13. The molecular weight excluding hydrogens is 406 g/mol. The Balaban J connectivity index is 1.71. The van der Waals surface area contributed by atoms with E-state index in [-0.39, 0.29) is 12.0 Å². The van der Waals surface area contributed by atoms with Gasteiger partial charge in [0.15, 0.2) is 5.65 Å². The number of benzene rings is 1. The van der Waals surface area contributed by atoms with Gasteiger partial charge in [-0.15, -0.1) is 0 Å². The summed E-state index contributed by atoms with van der Waals surface area (Å²) in [5.41, 5.74) is 5.00. The molecule has 9 heteroatoms. The zero-order valence-corrected chi connectivity index (χ0v) is 18.8. The summed E-state index contributed by atoms with van der Waals surface area (Å²) >= 11 is 0. The molecule has 32 heavy (non-hydrogen) atoms. The first-order valence-corrected chi connectivity index (χ1v) is 10.8. The van der Waals surface area contributed by atoms with E-state index in [1.54, 1.807) is 12.4 Å². The van der Waals surface area contributed by atoms with Crippen LogP contribution in [0.5, 0.6) is 0 Å². The largest absolute Gasteiger partial charge is 0.465 e. The Bertz CT molecular complexity index is 1320. The number of anilines is 1. The monoisotopic (exact) mass is 433 g/mol. The smallest absolute Gasteiger partial charge is 0.337 e. The number of esters is 1. The molecule has 4 aromatic rings. The van der Waals surface area contributed by atoms with Crippen LogP contribution in [0.2, 0.25) is 0 Å². The summed E-state index contributed by atoms with van der Waals surface area (Å²) < 4.78 is 6.95. The van der Waals surface area contributed by atoms with Crippen LogP contribution in [0.3, 0.4) is 0 Å². The lowest BCUT2D eigenvalue weighted by atomic mass is 10.1. The van der Waals surface area contributed by atoms with Gasteiger partial charge in [0.1, 0.15) is 17.8 Å². The van der Waals surface area contributed by atoms with Crippen molar-refractivity contribution in [2.45, 2.75) is 25.8 Å². The second kappa shape index (κ2) is 7.90. The molecule has 0 radical (unpaired) electrons. The van der Waals surface area contributed by atoms with Gasteiger partial charge in [-0.25, -0.2) is 19.4 Å². The number of rotatable bonds is 4. The van der Waals surface area contributed by atoms with E-state index < -0.39 is 0 Å². The van der Waals surface area contributed by atoms with Crippen molar-refractivity contribution in [2.24, 2.45) is 0 Å². The molecule has 1 saturated heterocycles. The number of hydrogen-bond acceptors (Lipinski definition) is 7. The summed E-state index contributed by atoms with van der Waals surface area (Å²) in [5.74, 6) is 0.390. The molecule has 1 aliphatic rings. The molecule has 3 aromatic heterocycles. The fourth-order valence-electron chi connectivity index (χ4n) is 4.65. The molecule has 1 aliphatic heterocycles. The molecular formula is C23H27N7O2. The van der Waals surface area contributed by atoms with Crippen LogP contribution >= 0.6 is 0 Å². The Hall–Kier alpha value is -3.46. The van der Waals surface area contributed by atoms with Crippen LogP contribution in [0.4, 0.5) is 5.82 Å². The fraction of sp³-hybridized carbons (Fsp3) is 0.391. The van der Waals surface area contributed by atoms with E-state index >= 15 is 0 Å². The van der Waals surface area contributed by atoms with Crippen LogP contribution in [-0.4, -0.2) is 69.9 Å². The minimum atomic E-state index is -0.358. The topological polar surface area (TPSA) is 101 Å². The quantitative estimate of drug-likeness (QED) is 0.476. The average molecular weight is 434 g/mol. The van der Waals surface area contributed by atoms with Crippen LogP contribution in [0.25, 0.3) is 33.3 Å². The molecule has 0 amide bonds. The molecule has 5 rings (SSSR count). The molecule has 1 aromatic carbocycles. The van der Waals surface area contributed by atoms with Crippen molar-refractivity contribution < 1.29 is 9.53 Å². The Morgan fingerprint density at radius 1 is 1.25 bits per heavy atom. The second-order valence-corrected chi connectivity index (χ2v) is 8.38. The predicted octanol–water partition coefficient (Wildman–Crippen LogP) is 3.38. The van der Waals surface area contributed by atoms with Gasteiger partial charge in [0.25, 0.3) is 0 Å². The number of ether oxygens (including phenoxy) is 1. The van der Waals surface area contributed by atoms with Gasteiger partial charge in [-0.3, -0.25) is 0 Å². The third-order valence-corrected chi connectivity index (χ3v) is 6.48. The number of aryl methyl sites for hydroxylation is 1. The SMILES string of the molecule is CNc1ncnc2c1c(-c1[nH]c3cc(C(=O)OC)ccc3c1C)nn2C1CCN(C)CC1. The molecule has 0 atom stereocenters. The van der Waals surface area contributed by atoms with Crippen LogP contribution in [-0.2, 0) is 4.74 Å². The van der Waals surface area contributed by atoms with Crippen molar-refractivity contribution >= 4 is 33.7 Å². The van der Waals surface area contributed by atoms with Gasteiger partial charge in [0, 0.05) is 18.0 Å². The zero-order valence-electron chi connectivity index (χ0n) is 18.8. The summed E-state index contributed by atoms with van der Waals surface area (Å²) in [7, 11) is 5.40. The molecule has 4 heterocycles. The Labute approximate surface area is 185 Å². The number of methoxy groups -OCH3 is 1. The second-order valence-electron chi connectivity index (χ2n) is 8.38. The highest BCUT2D eigenvalue weighted by Crippen LogP contribution is 2.37. The van der Waals surface area contributed by atoms with E-state index in [9.17, 15) is 4.79 Å². The third-order valence-electron chi connectivity index (χ3n) is 6.48. The van der Waals surface area contributed by atoms with Crippen LogP contribution in [0, 0.1) is 6.92 Å². The lowest BCUT2D eigenvalue weighted by molar-refractivity contribution is 0.0601. The highest BCUT2D eigenvalue weighted by molar-refractivity contribution is 6.03. The van der Waals surface area contributed by atoms with Crippen molar-refractivity contribution in [1.29, 1.82) is 0 Å². The van der Waals surface area contributed by atoms with E-state index in [0.717, 1.165) is 70.6 Å². The number of piperidine rings is 1. The van der Waals surface area contributed by atoms with E-state index in [2.05, 4.69) is 43.8 Å². The number of nitrogens with one attached hydrogen (secondary N) is 2. The third kappa shape index (κ3) is 3.20. The van der Waals surface area contributed by atoms with E-state index in [0.29, 0.717) is 5.56 Å². The first kappa shape index (κ1) is 20.4. The van der Waals surface area contributed by atoms with Crippen molar-refractivity contribution in [2.75, 3.05) is 39.6 Å². The first-order chi connectivity index (χ1) is 15.5. The van der Waals surface area contributed by atoms with Gasteiger partial charge >= 0.3 is 5.97 Å². The van der Waals surface area contributed by atoms with Crippen molar-refractivity contribution in [3.05, 3.63) is 35.7 Å².